The lowest BCUT2D eigenvalue weighted by molar-refractivity contribution is 1.16. The van der Waals surface area contributed by atoms with Crippen molar-refractivity contribution in [2.45, 2.75) is 0 Å². The van der Waals surface area contributed by atoms with Crippen molar-refractivity contribution in [2.75, 3.05) is 0 Å². The Kier molecular flexibility index (Phi) is 3.76. The summed E-state index contributed by atoms with van der Waals surface area (Å²) in [7, 11) is 0. The van der Waals surface area contributed by atoms with E-state index in [0.29, 0.717) is 55.2 Å². The predicted molar refractivity (Wildman–Crippen MR) is 215 cm³/mol. The molecule has 0 atom stereocenters. The van der Waals surface area contributed by atoms with Crippen molar-refractivity contribution in [3.8, 4) is 28.2 Å². The Morgan fingerprint density at radius 3 is 1.67 bits per heavy atom. The lowest BCUT2D eigenvalue weighted by Crippen LogP contribution is -1.99. The third-order valence-corrected chi connectivity index (χ3v) is 9.61. The molecule has 0 radical (unpaired) electrons. The van der Waals surface area contributed by atoms with Crippen molar-refractivity contribution in [3.63, 3.8) is 0 Å². The molecule has 11 aromatic rings. The molecule has 0 saturated carbocycles. The molecule has 0 saturated heterocycles. The van der Waals surface area contributed by atoms with Gasteiger partial charge in [0.25, 0.3) is 0 Å². The summed E-state index contributed by atoms with van der Waals surface area (Å²) < 4.78 is 131. The fourth-order valence-corrected chi connectivity index (χ4v) is 7.49. The summed E-state index contributed by atoms with van der Waals surface area (Å²) in [5.74, 6) is 0. The number of hydrogen-bond acceptors (Lipinski definition) is 0. The zero-order chi connectivity index (χ0) is 45.7. The second-order valence-corrected chi connectivity index (χ2v) is 12.3. The first-order chi connectivity index (χ1) is 31.1. The van der Waals surface area contributed by atoms with Crippen LogP contribution in [0.4, 0.5) is 0 Å². The summed E-state index contributed by atoms with van der Waals surface area (Å²) in [6.07, 6.45) is 0. The smallest absolute Gasteiger partial charge is 0.0652 e. The predicted octanol–water partition coefficient (Wildman–Crippen LogP) is 12.6. The van der Waals surface area contributed by atoms with Crippen LogP contribution in [0.1, 0.15) is 19.2 Å². The molecule has 0 spiro atoms. The molecular weight excluding hydrogens is 619 g/mol. The van der Waals surface area contributed by atoms with E-state index in [1.54, 1.807) is 45.5 Å². The highest BCUT2D eigenvalue weighted by molar-refractivity contribution is 6.13. The quantitative estimate of drug-likeness (QED) is 0.178. The molecule has 3 aromatic heterocycles. The van der Waals surface area contributed by atoms with Gasteiger partial charge in [0.1, 0.15) is 0 Å². The van der Waals surface area contributed by atoms with Crippen LogP contribution >= 0.6 is 0 Å². The van der Waals surface area contributed by atoms with Crippen LogP contribution in [0.15, 0.2) is 188 Å². The second kappa shape index (κ2) is 10.8. The number of fused-ring (bicyclic) bond motifs is 9. The maximum Gasteiger partial charge on any atom is 0.0652 e. The van der Waals surface area contributed by atoms with Crippen LogP contribution in [0.5, 0.6) is 0 Å². The Balaban J connectivity index is 1.23. The van der Waals surface area contributed by atoms with E-state index < -0.39 is 30.2 Å². The van der Waals surface area contributed by atoms with E-state index in [9.17, 15) is 5.48 Å². The van der Waals surface area contributed by atoms with Crippen molar-refractivity contribution in [3.05, 3.63) is 188 Å². The number of nitrogens with zero attached hydrogens (tertiary/aromatic N) is 3. The van der Waals surface area contributed by atoms with Crippen LogP contribution in [-0.2, 0) is 0 Å². The molecule has 8 aromatic carbocycles. The molecule has 0 bridgehead atoms. The van der Waals surface area contributed by atoms with E-state index in [1.165, 1.54) is 10.6 Å². The number of aromatic nitrogens is 3. The third kappa shape index (κ3) is 4.06. The Labute approximate surface area is 314 Å². The van der Waals surface area contributed by atoms with Crippen molar-refractivity contribution < 1.29 is 19.2 Å². The van der Waals surface area contributed by atoms with Crippen LogP contribution in [-0.4, -0.2) is 13.7 Å². The maximum absolute atomic E-state index is 9.94. The highest BCUT2D eigenvalue weighted by Gasteiger charge is 2.19. The van der Waals surface area contributed by atoms with E-state index in [0.717, 1.165) is 0 Å². The van der Waals surface area contributed by atoms with Gasteiger partial charge in [-0.05, 0) is 72.2 Å². The average molecular weight is 664 g/mol. The van der Waals surface area contributed by atoms with E-state index in [-0.39, 0.29) is 92.8 Å². The Morgan fingerprint density at radius 2 is 0.922 bits per heavy atom. The first-order valence-electron chi connectivity index (χ1n) is 23.4. The summed E-state index contributed by atoms with van der Waals surface area (Å²) in [6, 6.07) is 25.3. The van der Waals surface area contributed by atoms with Crippen LogP contribution in [0.2, 0.25) is 0 Å². The van der Waals surface area contributed by atoms with E-state index in [4.69, 9.17) is 13.7 Å². The molecule has 238 valence electrons. The Bertz CT molecular complexity index is 3960. The number of rotatable bonds is 4. The van der Waals surface area contributed by atoms with Gasteiger partial charge in [0.2, 0.25) is 0 Å². The molecular formula is C48H31N3. The van der Waals surface area contributed by atoms with E-state index in [2.05, 4.69) is 0 Å². The Hall–Kier alpha value is -6.84. The molecule has 0 unspecified atom stereocenters. The molecule has 0 N–H and O–H groups in total. The third-order valence-electron chi connectivity index (χ3n) is 9.61. The van der Waals surface area contributed by atoms with Gasteiger partial charge in [-0.3, -0.25) is 0 Å². The standard InChI is InChI=1S/C48H31N3/c1-7-22-42(35(16-1)32-14-13-15-33(30-32)49-43-23-8-2-17-36(43)37-18-3-9-24-44(37)49)51-47-27-12-6-21-40(47)41-31-34(28-29-48(41)51)50-45-25-10-4-19-38(45)39-20-5-11-26-46(39)50/h1-31H/i2D,4D,6D,8D,10D,12D,17D,19D,21D,23D,25D,28D,29D,31D. The van der Waals surface area contributed by atoms with Crippen molar-refractivity contribution in [2.24, 2.45) is 0 Å². The van der Waals surface area contributed by atoms with Gasteiger partial charge in [-0.25, -0.2) is 0 Å². The van der Waals surface area contributed by atoms with Gasteiger partial charge in [-0.2, -0.15) is 0 Å². The van der Waals surface area contributed by atoms with Crippen molar-refractivity contribution >= 4 is 65.4 Å². The number of para-hydroxylation sites is 6. The van der Waals surface area contributed by atoms with E-state index >= 15 is 0 Å². The van der Waals surface area contributed by atoms with Gasteiger partial charge in [0, 0.05) is 49.3 Å². The fraction of sp³-hybridized carbons (Fsp3) is 0. The highest BCUT2D eigenvalue weighted by atomic mass is 15.0. The monoisotopic (exact) mass is 663 g/mol. The fourth-order valence-electron chi connectivity index (χ4n) is 7.49. The molecule has 0 aliphatic heterocycles. The summed E-state index contributed by atoms with van der Waals surface area (Å²) >= 11 is 0. The largest absolute Gasteiger partial charge is 0.309 e. The van der Waals surface area contributed by atoms with Crippen LogP contribution in [0, 0.1) is 0 Å². The minimum absolute atomic E-state index is 0.0199. The Morgan fingerprint density at radius 1 is 0.353 bits per heavy atom. The summed E-state index contributed by atoms with van der Waals surface area (Å²) in [5, 5.41) is 1.81. The van der Waals surface area contributed by atoms with Gasteiger partial charge in [-0.15, -0.1) is 0 Å². The minimum Gasteiger partial charge on any atom is -0.309 e. The van der Waals surface area contributed by atoms with Gasteiger partial charge in [0.05, 0.1) is 58.0 Å². The second-order valence-electron chi connectivity index (χ2n) is 12.3. The summed E-state index contributed by atoms with van der Waals surface area (Å²) in [6.45, 7) is 0. The molecule has 3 heterocycles. The molecule has 51 heavy (non-hydrogen) atoms. The molecule has 0 fully saturated rings. The molecule has 0 amide bonds. The van der Waals surface area contributed by atoms with Gasteiger partial charge < -0.3 is 13.7 Å². The minimum atomic E-state index is -0.508. The molecule has 11 rings (SSSR count). The normalized spacial score (nSPS) is 15.8. The number of benzene rings is 8. The molecule has 3 nitrogen and oxygen atoms in total. The molecule has 3 heteroatoms. The molecule has 0 aliphatic carbocycles. The van der Waals surface area contributed by atoms with Gasteiger partial charge in [0.15, 0.2) is 0 Å². The lowest BCUT2D eigenvalue weighted by Gasteiger charge is -2.16. The summed E-state index contributed by atoms with van der Waals surface area (Å²) in [5.41, 5.74) is 3.81. The van der Waals surface area contributed by atoms with Crippen molar-refractivity contribution in [1.82, 2.24) is 13.7 Å². The van der Waals surface area contributed by atoms with Crippen LogP contribution < -0.4 is 0 Å². The van der Waals surface area contributed by atoms with Gasteiger partial charge in [-0.1, -0.05) is 121 Å². The zero-order valence-electron chi connectivity index (χ0n) is 40.7. The van der Waals surface area contributed by atoms with Gasteiger partial charge >= 0.3 is 0 Å². The van der Waals surface area contributed by atoms with Crippen molar-refractivity contribution in [1.29, 1.82) is 0 Å². The van der Waals surface area contributed by atoms with Crippen LogP contribution in [0.25, 0.3) is 93.6 Å². The SMILES string of the molecule is [2H]c1cc2c(c([2H])c1[2H])c1c([2H])c(-n3c4ccccc4c4c([2H])c([2H])c([2H])c([2H])c43)c([2H])c([2H])c1n2-c1ccccc1-c1cccc(-n2c3ccccc3c3c([2H])c([2H])c([2H])c([2H])c32)c1. The van der Waals surface area contributed by atoms with E-state index in [1.807, 2.05) is 60.7 Å². The van der Waals surface area contributed by atoms with Crippen LogP contribution in [0.3, 0.4) is 0 Å². The average Bonchev–Trinajstić information content (AvgIpc) is 3.97. The first kappa shape index (κ1) is 17.7. The highest BCUT2D eigenvalue weighted by Crippen LogP contribution is 2.40. The molecule has 0 aliphatic rings. The zero-order valence-corrected chi connectivity index (χ0v) is 26.7. The summed E-state index contributed by atoms with van der Waals surface area (Å²) in [4.78, 5) is 0. The topological polar surface area (TPSA) is 14.8 Å². The first-order valence-corrected chi connectivity index (χ1v) is 16.4. The number of hydrogen-bond donors (Lipinski definition) is 0. The lowest BCUT2D eigenvalue weighted by atomic mass is 10.0. The maximum atomic E-state index is 9.94.